The molecule has 1 aromatic rings. The van der Waals surface area contributed by atoms with E-state index in [2.05, 4.69) is 20.8 Å². The monoisotopic (exact) mass is 297 g/mol. The molecule has 20 heavy (non-hydrogen) atoms. The lowest BCUT2D eigenvalue weighted by atomic mass is 9.87. The predicted molar refractivity (Wildman–Crippen MR) is 84.5 cm³/mol. The fourth-order valence-corrected chi connectivity index (χ4v) is 3.75. The molecule has 0 atom stereocenters. The largest absolute Gasteiger partial charge is 0.243 e. The van der Waals surface area contributed by atoms with E-state index in [0.717, 1.165) is 18.4 Å². The summed E-state index contributed by atoms with van der Waals surface area (Å²) in [5.74, 6) is 0. The van der Waals surface area contributed by atoms with Crippen molar-refractivity contribution in [3.05, 3.63) is 29.8 Å². The van der Waals surface area contributed by atoms with Gasteiger partial charge in [-0.25, -0.2) is 8.42 Å². The molecule has 0 N–H and O–H groups in total. The summed E-state index contributed by atoms with van der Waals surface area (Å²) in [6.45, 7) is 11.5. The highest BCUT2D eigenvalue weighted by molar-refractivity contribution is 7.89. The Kier molecular flexibility index (Phi) is 5.78. The molecule has 0 saturated heterocycles. The highest BCUT2D eigenvalue weighted by atomic mass is 32.2. The van der Waals surface area contributed by atoms with E-state index in [9.17, 15) is 8.42 Å². The Hall–Kier alpha value is -0.870. The molecule has 3 nitrogen and oxygen atoms in total. The maximum absolute atomic E-state index is 12.6. The van der Waals surface area contributed by atoms with Crippen LogP contribution in [0.5, 0.6) is 0 Å². The van der Waals surface area contributed by atoms with E-state index in [1.807, 2.05) is 26.0 Å². The summed E-state index contributed by atoms with van der Waals surface area (Å²) in [7, 11) is -3.35. The van der Waals surface area contributed by atoms with Crippen LogP contribution in [0.15, 0.2) is 29.2 Å². The molecule has 0 aliphatic carbocycles. The molecule has 0 aliphatic heterocycles. The van der Waals surface area contributed by atoms with Gasteiger partial charge in [0.05, 0.1) is 4.90 Å². The average Bonchev–Trinajstić information content (AvgIpc) is 2.37. The maximum atomic E-state index is 12.6. The molecule has 114 valence electrons. The topological polar surface area (TPSA) is 37.4 Å². The lowest BCUT2D eigenvalue weighted by Gasteiger charge is -2.22. The quantitative estimate of drug-likeness (QED) is 0.801. The summed E-state index contributed by atoms with van der Waals surface area (Å²) >= 11 is 0. The summed E-state index contributed by atoms with van der Waals surface area (Å²) in [5, 5.41) is 0. The molecular formula is C16H27NO2S. The minimum absolute atomic E-state index is 0.0365. The highest BCUT2D eigenvalue weighted by Crippen LogP contribution is 2.24. The van der Waals surface area contributed by atoms with Crippen molar-refractivity contribution in [3.8, 4) is 0 Å². The summed E-state index contributed by atoms with van der Waals surface area (Å²) in [4.78, 5) is 0.396. The van der Waals surface area contributed by atoms with Gasteiger partial charge in [0.15, 0.2) is 0 Å². The molecule has 0 unspecified atom stereocenters. The third-order valence-electron chi connectivity index (χ3n) is 3.30. The van der Waals surface area contributed by atoms with Gasteiger partial charge >= 0.3 is 0 Å². The van der Waals surface area contributed by atoms with Crippen LogP contribution in [0, 0.1) is 0 Å². The zero-order valence-electron chi connectivity index (χ0n) is 13.3. The van der Waals surface area contributed by atoms with E-state index in [0.29, 0.717) is 18.0 Å². The molecule has 0 fully saturated rings. The van der Waals surface area contributed by atoms with Gasteiger partial charge in [-0.3, -0.25) is 0 Å². The van der Waals surface area contributed by atoms with E-state index < -0.39 is 10.0 Å². The van der Waals surface area contributed by atoms with Gasteiger partial charge < -0.3 is 0 Å². The normalized spacial score (nSPS) is 12.9. The first-order chi connectivity index (χ1) is 9.23. The van der Waals surface area contributed by atoms with Crippen LogP contribution < -0.4 is 0 Å². The Morgan fingerprint density at radius 3 is 1.75 bits per heavy atom. The number of nitrogens with zero attached hydrogens (tertiary/aromatic N) is 1. The molecule has 0 aromatic heterocycles. The van der Waals surface area contributed by atoms with Gasteiger partial charge in [0, 0.05) is 13.1 Å². The molecular weight excluding hydrogens is 270 g/mol. The van der Waals surface area contributed by atoms with Gasteiger partial charge in [-0.2, -0.15) is 4.31 Å². The second-order valence-electron chi connectivity index (χ2n) is 6.18. The van der Waals surface area contributed by atoms with Crippen LogP contribution in [0.2, 0.25) is 0 Å². The zero-order valence-corrected chi connectivity index (χ0v) is 14.1. The first-order valence-electron chi connectivity index (χ1n) is 7.34. The highest BCUT2D eigenvalue weighted by Gasteiger charge is 2.23. The van der Waals surface area contributed by atoms with Crippen molar-refractivity contribution in [2.75, 3.05) is 13.1 Å². The third-order valence-corrected chi connectivity index (χ3v) is 5.22. The predicted octanol–water partition coefficient (Wildman–Crippen LogP) is 3.79. The van der Waals surface area contributed by atoms with Gasteiger partial charge in [-0.05, 0) is 36.0 Å². The van der Waals surface area contributed by atoms with Crippen LogP contribution in [-0.2, 0) is 15.4 Å². The molecule has 0 radical (unpaired) electrons. The minimum Gasteiger partial charge on any atom is -0.207 e. The van der Waals surface area contributed by atoms with Crippen molar-refractivity contribution in [2.24, 2.45) is 0 Å². The molecule has 0 amide bonds. The van der Waals surface area contributed by atoms with Gasteiger partial charge in [-0.15, -0.1) is 0 Å². The van der Waals surface area contributed by atoms with Crippen molar-refractivity contribution < 1.29 is 8.42 Å². The van der Waals surface area contributed by atoms with Crippen LogP contribution >= 0.6 is 0 Å². The summed E-state index contributed by atoms with van der Waals surface area (Å²) in [6.07, 6.45) is 1.67. The Bertz CT molecular complexity index is 506. The standard InChI is InChI=1S/C16H27NO2S/c1-6-12-17(13-7-2)20(18,19)15-10-8-14(9-11-15)16(3,4)5/h8-11H,6-7,12-13H2,1-5H3. The molecule has 0 spiro atoms. The number of hydrogen-bond donors (Lipinski definition) is 0. The van der Waals surface area contributed by atoms with Crippen molar-refractivity contribution in [1.82, 2.24) is 4.31 Å². The summed E-state index contributed by atoms with van der Waals surface area (Å²) < 4.78 is 26.8. The van der Waals surface area contributed by atoms with E-state index in [4.69, 9.17) is 0 Å². The Morgan fingerprint density at radius 1 is 0.950 bits per heavy atom. The molecule has 1 rings (SSSR count). The van der Waals surface area contributed by atoms with E-state index in [1.54, 1.807) is 16.4 Å². The lowest BCUT2D eigenvalue weighted by molar-refractivity contribution is 0.410. The smallest absolute Gasteiger partial charge is 0.207 e. The maximum Gasteiger partial charge on any atom is 0.243 e. The number of benzene rings is 1. The van der Waals surface area contributed by atoms with Gasteiger partial charge in [0.25, 0.3) is 0 Å². The second kappa shape index (κ2) is 6.72. The van der Waals surface area contributed by atoms with Crippen molar-refractivity contribution >= 4 is 10.0 Å². The zero-order chi connectivity index (χ0) is 15.4. The van der Waals surface area contributed by atoms with Crippen LogP contribution in [0.1, 0.15) is 53.0 Å². The van der Waals surface area contributed by atoms with Gasteiger partial charge in [0.2, 0.25) is 10.0 Å². The first kappa shape index (κ1) is 17.2. The molecule has 0 bridgehead atoms. The van der Waals surface area contributed by atoms with E-state index in [1.165, 1.54) is 0 Å². The Balaban J connectivity index is 3.08. The van der Waals surface area contributed by atoms with Gasteiger partial charge in [0.1, 0.15) is 0 Å². The molecule has 0 saturated carbocycles. The number of rotatable bonds is 6. The molecule has 1 aromatic carbocycles. The van der Waals surface area contributed by atoms with E-state index >= 15 is 0 Å². The second-order valence-corrected chi connectivity index (χ2v) is 8.12. The summed E-state index contributed by atoms with van der Waals surface area (Å²) in [6, 6.07) is 7.30. The number of sulfonamides is 1. The van der Waals surface area contributed by atoms with E-state index in [-0.39, 0.29) is 5.41 Å². The molecule has 0 aliphatic rings. The molecule has 4 heteroatoms. The first-order valence-corrected chi connectivity index (χ1v) is 8.78. The third kappa shape index (κ3) is 4.06. The van der Waals surface area contributed by atoms with Crippen molar-refractivity contribution in [2.45, 2.75) is 57.8 Å². The average molecular weight is 297 g/mol. The fraction of sp³-hybridized carbons (Fsp3) is 0.625. The minimum atomic E-state index is -3.35. The SMILES string of the molecule is CCCN(CCC)S(=O)(=O)c1ccc(C(C)(C)C)cc1. The Labute approximate surface area is 124 Å². The van der Waals surface area contributed by atoms with Gasteiger partial charge in [-0.1, -0.05) is 46.8 Å². The summed E-state index contributed by atoms with van der Waals surface area (Å²) in [5.41, 5.74) is 1.18. The van der Waals surface area contributed by atoms with Crippen molar-refractivity contribution in [3.63, 3.8) is 0 Å². The van der Waals surface area contributed by atoms with Crippen LogP contribution in [0.4, 0.5) is 0 Å². The fourth-order valence-electron chi connectivity index (χ4n) is 2.13. The van der Waals surface area contributed by atoms with Crippen LogP contribution in [0.3, 0.4) is 0 Å². The molecule has 0 heterocycles. The lowest BCUT2D eigenvalue weighted by Crippen LogP contribution is -2.32. The van der Waals surface area contributed by atoms with Crippen LogP contribution in [0.25, 0.3) is 0 Å². The Morgan fingerprint density at radius 2 is 1.40 bits per heavy atom. The number of hydrogen-bond acceptors (Lipinski definition) is 2. The van der Waals surface area contributed by atoms with Crippen molar-refractivity contribution in [1.29, 1.82) is 0 Å². The van der Waals surface area contributed by atoms with Crippen LogP contribution in [-0.4, -0.2) is 25.8 Å².